The van der Waals surface area contributed by atoms with Crippen LogP contribution in [0.5, 0.6) is 0 Å². The van der Waals surface area contributed by atoms with E-state index in [9.17, 15) is 0 Å². The molecule has 8 heavy (non-hydrogen) atoms. The van der Waals surface area contributed by atoms with E-state index in [-0.39, 0.29) is 29.6 Å². The normalized spacial score (nSPS) is 6.38. The zero-order chi connectivity index (χ0) is 5.70. The molecule has 0 aromatic heterocycles. The molecule has 37 valence electrons. The van der Waals surface area contributed by atoms with Crippen LogP contribution in [0.15, 0.2) is 0 Å². The van der Waals surface area contributed by atoms with E-state index in [0.717, 1.165) is 0 Å². The Morgan fingerprint density at radius 3 is 1.12 bits per heavy atom. The van der Waals surface area contributed by atoms with Gasteiger partial charge in [-0.15, -0.1) is 0 Å². The second-order valence-corrected chi connectivity index (χ2v) is 2.80. The van der Waals surface area contributed by atoms with Gasteiger partial charge < -0.3 is 0 Å². The van der Waals surface area contributed by atoms with Crippen LogP contribution in [0.1, 0.15) is 0 Å². The van der Waals surface area contributed by atoms with Crippen LogP contribution < -0.4 is 0 Å². The predicted molar refractivity (Wildman–Crippen MR) is 22.6 cm³/mol. The quantitative estimate of drug-likeness (QED) is 0.507. The first-order valence-electron chi connectivity index (χ1n) is 1.17. The molecule has 0 aliphatic heterocycles. The summed E-state index contributed by atoms with van der Waals surface area (Å²) in [5.41, 5.74) is 0. The molecule has 0 bridgehead atoms. The number of nitriles is 3. The second kappa shape index (κ2) is 7.09. The molecule has 0 saturated carbocycles. The summed E-state index contributed by atoms with van der Waals surface area (Å²) in [6.45, 7) is 0. The molecule has 1 radical (unpaired) electrons. The summed E-state index contributed by atoms with van der Waals surface area (Å²) in [6.07, 6.45) is 0. The topological polar surface area (TPSA) is 71.4 Å². The van der Waals surface area contributed by atoms with E-state index in [1.54, 1.807) is 14.0 Å². The van der Waals surface area contributed by atoms with Crippen LogP contribution in [-0.4, -0.2) is 29.6 Å². The SMILES string of the molecule is N#[C][Rh]([C]#N)[C]#N.[Na]. The van der Waals surface area contributed by atoms with Crippen LogP contribution in [0.3, 0.4) is 0 Å². The average Bonchev–Trinajstić information content (AvgIpc) is 1.72. The zero-order valence-electron chi connectivity index (χ0n) is 4.17. The summed E-state index contributed by atoms with van der Waals surface area (Å²) in [5.74, 6) is 0. The van der Waals surface area contributed by atoms with Gasteiger partial charge in [-0.25, -0.2) is 0 Å². The number of hydrogen-bond donors (Lipinski definition) is 0. The summed E-state index contributed by atoms with van der Waals surface area (Å²) >= 11 is -2.18. The number of rotatable bonds is 0. The van der Waals surface area contributed by atoms with Gasteiger partial charge in [0.2, 0.25) is 0 Å². The smallest absolute Gasteiger partial charge is 0 e. The van der Waals surface area contributed by atoms with Gasteiger partial charge in [-0.1, -0.05) is 0 Å². The van der Waals surface area contributed by atoms with Crippen molar-refractivity contribution in [1.29, 1.82) is 15.8 Å². The molecule has 0 aliphatic rings. The molecule has 0 rings (SSSR count). The maximum atomic E-state index is 7.89. The Morgan fingerprint density at radius 1 is 0.875 bits per heavy atom. The molecule has 0 atom stereocenters. The van der Waals surface area contributed by atoms with E-state index < -0.39 is 16.0 Å². The van der Waals surface area contributed by atoms with Crippen molar-refractivity contribution in [2.24, 2.45) is 0 Å². The fourth-order valence-corrected chi connectivity index (χ4v) is 0.296. The summed E-state index contributed by atoms with van der Waals surface area (Å²) in [6, 6.07) is 0. The van der Waals surface area contributed by atoms with E-state index in [1.165, 1.54) is 0 Å². The number of hydrogen-bond acceptors (Lipinski definition) is 3. The van der Waals surface area contributed by atoms with Gasteiger partial charge in [-0.3, -0.25) is 0 Å². The zero-order valence-corrected chi connectivity index (χ0v) is 7.81. The van der Waals surface area contributed by atoms with Crippen LogP contribution in [0.25, 0.3) is 0 Å². The summed E-state index contributed by atoms with van der Waals surface area (Å²) in [5, 5.41) is 23.7. The molecule has 0 heterocycles. The summed E-state index contributed by atoms with van der Waals surface area (Å²) in [7, 11) is 0. The van der Waals surface area contributed by atoms with Crippen molar-refractivity contribution in [2.45, 2.75) is 0 Å². The van der Waals surface area contributed by atoms with Crippen molar-refractivity contribution in [3.8, 4) is 14.0 Å². The Balaban J connectivity index is 0. The van der Waals surface area contributed by atoms with Gasteiger partial charge >= 0.3 is 45.7 Å². The minimum atomic E-state index is -2.18. The molecule has 0 amide bonds. The van der Waals surface area contributed by atoms with Crippen molar-refractivity contribution in [3.05, 3.63) is 0 Å². The van der Waals surface area contributed by atoms with Crippen molar-refractivity contribution in [3.63, 3.8) is 0 Å². The van der Waals surface area contributed by atoms with Gasteiger partial charge in [0.05, 0.1) is 0 Å². The van der Waals surface area contributed by atoms with E-state index >= 15 is 0 Å². The molecule has 0 saturated heterocycles. The van der Waals surface area contributed by atoms with Crippen molar-refractivity contribution >= 4 is 29.6 Å². The molecule has 0 aromatic rings. The van der Waals surface area contributed by atoms with E-state index in [1.807, 2.05) is 0 Å². The first-order chi connectivity index (χ1) is 3.35. The minimum absolute atomic E-state index is 0. The molecule has 0 N–H and O–H groups in total. The predicted octanol–water partition coefficient (Wildman–Crippen LogP) is -0.333. The van der Waals surface area contributed by atoms with Crippen LogP contribution >= 0.6 is 0 Å². The van der Waals surface area contributed by atoms with Gasteiger partial charge in [0.25, 0.3) is 0 Å². The first-order valence-corrected chi connectivity index (χ1v) is 3.63. The largest absolute Gasteiger partial charge is 0 e. The van der Waals surface area contributed by atoms with Crippen LogP contribution in [0.4, 0.5) is 0 Å². The van der Waals surface area contributed by atoms with Crippen LogP contribution in [0, 0.1) is 29.8 Å². The molecule has 5 heteroatoms. The number of nitrogens with zero attached hydrogens (tertiary/aromatic N) is 3. The Labute approximate surface area is 74.7 Å². The van der Waals surface area contributed by atoms with E-state index in [0.29, 0.717) is 0 Å². The fourth-order valence-electron chi connectivity index (χ4n) is 0.0500. The Morgan fingerprint density at radius 2 is 1.12 bits per heavy atom. The molecule has 0 aliphatic carbocycles. The van der Waals surface area contributed by atoms with Gasteiger partial charge in [-0.05, 0) is 0 Å². The fraction of sp³-hybridized carbons (Fsp3) is 0. The van der Waals surface area contributed by atoms with Crippen LogP contribution in [-0.2, 0) is 16.0 Å². The van der Waals surface area contributed by atoms with Gasteiger partial charge in [-0.2, -0.15) is 0 Å². The van der Waals surface area contributed by atoms with Crippen LogP contribution in [0.2, 0.25) is 0 Å². The second-order valence-electron chi connectivity index (χ2n) is 0.474. The van der Waals surface area contributed by atoms with E-state index in [4.69, 9.17) is 15.8 Å². The molecule has 0 aromatic carbocycles. The minimum Gasteiger partial charge on any atom is 0 e. The average molecular weight is 204 g/mol. The molecular weight excluding hydrogens is 204 g/mol. The van der Waals surface area contributed by atoms with Gasteiger partial charge in [0, 0.05) is 29.6 Å². The third kappa shape index (κ3) is 4.26. The third-order valence-electron chi connectivity index (χ3n) is 0.224. The summed E-state index contributed by atoms with van der Waals surface area (Å²) < 4.78 is 4.83. The monoisotopic (exact) mass is 204 g/mol. The Hall–Kier alpha value is 0.0934. The Kier molecular flexibility index (Phi) is 9.72. The molecule has 0 spiro atoms. The van der Waals surface area contributed by atoms with Gasteiger partial charge in [0.1, 0.15) is 0 Å². The summed E-state index contributed by atoms with van der Waals surface area (Å²) in [4.78, 5) is 0. The molecule has 3 nitrogen and oxygen atoms in total. The van der Waals surface area contributed by atoms with E-state index in [2.05, 4.69) is 0 Å². The third-order valence-corrected chi connectivity index (χ3v) is 1.32. The Bertz CT molecular complexity index is 137. The molecular formula is C3N3NaRh. The maximum absolute atomic E-state index is 7.89. The molecule has 0 fully saturated rings. The standard InChI is InChI=1S/3CN.Na.Rh/c3*1-2;;. The van der Waals surface area contributed by atoms with Crippen molar-refractivity contribution in [1.82, 2.24) is 0 Å². The van der Waals surface area contributed by atoms with Crippen molar-refractivity contribution in [2.75, 3.05) is 0 Å². The van der Waals surface area contributed by atoms with Gasteiger partial charge in [0.15, 0.2) is 0 Å². The first kappa shape index (κ1) is 11.0. The molecule has 0 unspecified atom stereocenters. The van der Waals surface area contributed by atoms with Crippen molar-refractivity contribution < 1.29 is 16.0 Å². The maximum Gasteiger partial charge on any atom is 0 e.